The lowest BCUT2D eigenvalue weighted by Crippen LogP contribution is -2.39. The number of methoxy groups -OCH3 is 1. The summed E-state index contributed by atoms with van der Waals surface area (Å²) in [6, 6.07) is 0. The molecule has 7 heteroatoms. The van der Waals surface area contributed by atoms with Crippen LogP contribution in [0, 0.1) is 0 Å². The van der Waals surface area contributed by atoms with Gasteiger partial charge >= 0.3 is 0 Å². The van der Waals surface area contributed by atoms with Crippen molar-refractivity contribution in [1.29, 1.82) is 0 Å². The molecule has 1 amide bonds. The van der Waals surface area contributed by atoms with Gasteiger partial charge in [-0.25, -0.2) is 4.99 Å². The fourth-order valence-corrected chi connectivity index (χ4v) is 1.22. The summed E-state index contributed by atoms with van der Waals surface area (Å²) in [6.45, 7) is 6.95. The zero-order valence-corrected chi connectivity index (χ0v) is 14.5. The van der Waals surface area contributed by atoms with Crippen LogP contribution in [0.15, 0.2) is 4.99 Å². The van der Waals surface area contributed by atoms with Crippen molar-refractivity contribution >= 4 is 35.8 Å². The van der Waals surface area contributed by atoms with Crippen LogP contribution in [0.2, 0.25) is 0 Å². The van der Waals surface area contributed by atoms with E-state index in [9.17, 15) is 4.79 Å². The van der Waals surface area contributed by atoms with Crippen LogP contribution >= 0.6 is 24.0 Å². The Labute approximate surface area is 133 Å². The molecule has 0 radical (unpaired) electrons. The summed E-state index contributed by atoms with van der Waals surface area (Å²) < 4.78 is 4.85. The van der Waals surface area contributed by atoms with Crippen molar-refractivity contribution in [1.82, 2.24) is 16.0 Å². The lowest BCUT2D eigenvalue weighted by molar-refractivity contribution is -0.119. The molecule has 0 fully saturated rings. The van der Waals surface area contributed by atoms with Gasteiger partial charge in [0.05, 0.1) is 6.61 Å². The average molecular weight is 386 g/mol. The maximum atomic E-state index is 11.4. The van der Waals surface area contributed by atoms with Crippen molar-refractivity contribution in [3.05, 3.63) is 0 Å². The summed E-state index contributed by atoms with van der Waals surface area (Å²) in [4.78, 5) is 15.6. The molecule has 0 saturated heterocycles. The molecule has 0 aromatic carbocycles. The number of nitrogens with one attached hydrogen (secondary N) is 3. The lowest BCUT2D eigenvalue weighted by atomic mass is 10.3. The van der Waals surface area contributed by atoms with Crippen molar-refractivity contribution in [3.8, 4) is 0 Å². The Balaban J connectivity index is 0. The highest BCUT2D eigenvalue weighted by atomic mass is 127. The highest BCUT2D eigenvalue weighted by Crippen LogP contribution is 1.83. The van der Waals surface area contributed by atoms with Crippen LogP contribution in [0.3, 0.4) is 0 Å². The van der Waals surface area contributed by atoms with E-state index in [1.807, 2.05) is 6.92 Å². The lowest BCUT2D eigenvalue weighted by Gasteiger charge is -2.10. The van der Waals surface area contributed by atoms with Crippen LogP contribution in [-0.4, -0.2) is 51.8 Å². The third-order valence-corrected chi connectivity index (χ3v) is 2.18. The molecule has 3 N–H and O–H groups in total. The topological polar surface area (TPSA) is 74.8 Å². The zero-order chi connectivity index (χ0) is 13.6. The van der Waals surface area contributed by atoms with E-state index >= 15 is 0 Å². The number of hydrogen-bond acceptors (Lipinski definition) is 3. The van der Waals surface area contributed by atoms with E-state index in [0.717, 1.165) is 25.9 Å². The molecule has 0 aromatic heterocycles. The van der Waals surface area contributed by atoms with Crippen LogP contribution < -0.4 is 16.0 Å². The number of carbonyl (C=O) groups excluding carboxylic acids is 1. The van der Waals surface area contributed by atoms with Crippen LogP contribution in [0.25, 0.3) is 0 Å². The predicted molar refractivity (Wildman–Crippen MR) is 89.2 cm³/mol. The van der Waals surface area contributed by atoms with E-state index in [4.69, 9.17) is 4.74 Å². The Kier molecular flexibility index (Phi) is 16.9. The number of carbonyl (C=O) groups is 1. The molecule has 0 aliphatic rings. The van der Waals surface area contributed by atoms with Gasteiger partial charge in [0.15, 0.2) is 5.96 Å². The number of guanidine groups is 1. The summed E-state index contributed by atoms with van der Waals surface area (Å²) in [5.74, 6) is 0.590. The minimum absolute atomic E-state index is 0. The maximum Gasteiger partial charge on any atom is 0.241 e. The second kappa shape index (κ2) is 15.5. The summed E-state index contributed by atoms with van der Waals surface area (Å²) in [5, 5.41) is 9.00. The number of unbranched alkanes of at least 4 members (excludes halogenated alkanes) is 1. The molecule has 6 nitrogen and oxygen atoms in total. The third kappa shape index (κ3) is 13.7. The van der Waals surface area contributed by atoms with Crippen LogP contribution in [-0.2, 0) is 9.53 Å². The number of amides is 1. The number of ether oxygens (including phenoxy) is 1. The van der Waals surface area contributed by atoms with Gasteiger partial charge in [0, 0.05) is 26.7 Å². The van der Waals surface area contributed by atoms with Gasteiger partial charge in [-0.2, -0.15) is 0 Å². The minimum Gasteiger partial charge on any atom is -0.383 e. The normalized spacial score (nSPS) is 10.6. The summed E-state index contributed by atoms with van der Waals surface area (Å²) in [7, 11) is 1.60. The monoisotopic (exact) mass is 386 g/mol. The van der Waals surface area contributed by atoms with Gasteiger partial charge in [-0.3, -0.25) is 4.79 Å². The fourth-order valence-electron chi connectivity index (χ4n) is 1.22. The van der Waals surface area contributed by atoms with Crippen LogP contribution in [0.5, 0.6) is 0 Å². The highest BCUT2D eigenvalue weighted by molar-refractivity contribution is 14.0. The number of rotatable bonds is 9. The van der Waals surface area contributed by atoms with E-state index in [1.165, 1.54) is 0 Å². The Morgan fingerprint density at radius 2 is 1.89 bits per heavy atom. The Morgan fingerprint density at radius 3 is 2.47 bits per heavy atom. The fraction of sp³-hybridized carbons (Fsp3) is 0.833. The number of halogens is 1. The largest absolute Gasteiger partial charge is 0.383 e. The Morgan fingerprint density at radius 1 is 1.16 bits per heavy atom. The number of aliphatic imine (C=N–C) groups is 1. The van der Waals surface area contributed by atoms with Crippen LogP contribution in [0.1, 0.15) is 26.7 Å². The minimum atomic E-state index is -0.0975. The molecule has 19 heavy (non-hydrogen) atoms. The average Bonchev–Trinajstić information content (AvgIpc) is 2.36. The SMILES string of the molecule is CCCCNC(=NCC(=O)NCCOC)NCC.I. The molecule has 0 aliphatic heterocycles. The first-order chi connectivity index (χ1) is 8.74. The molecule has 0 heterocycles. The second-order valence-corrected chi connectivity index (χ2v) is 3.82. The van der Waals surface area contributed by atoms with E-state index in [1.54, 1.807) is 7.11 Å². The molecule has 0 spiro atoms. The third-order valence-electron chi connectivity index (χ3n) is 2.18. The molecular weight excluding hydrogens is 359 g/mol. The van der Waals surface area contributed by atoms with Crippen molar-refractivity contribution in [2.24, 2.45) is 4.99 Å². The summed E-state index contributed by atoms with van der Waals surface area (Å²) in [6.07, 6.45) is 2.22. The van der Waals surface area contributed by atoms with Gasteiger partial charge in [-0.1, -0.05) is 13.3 Å². The maximum absolute atomic E-state index is 11.4. The van der Waals surface area contributed by atoms with Crippen molar-refractivity contribution in [3.63, 3.8) is 0 Å². The predicted octanol–water partition coefficient (Wildman–Crippen LogP) is 0.722. The first-order valence-electron chi connectivity index (χ1n) is 6.52. The van der Waals surface area contributed by atoms with E-state index in [2.05, 4.69) is 27.9 Å². The van der Waals surface area contributed by atoms with Gasteiger partial charge in [-0.05, 0) is 13.3 Å². The molecule has 0 atom stereocenters. The van der Waals surface area contributed by atoms with Gasteiger partial charge < -0.3 is 20.7 Å². The van der Waals surface area contributed by atoms with Gasteiger partial charge in [0.25, 0.3) is 0 Å². The van der Waals surface area contributed by atoms with Crippen molar-refractivity contribution in [2.75, 3.05) is 39.9 Å². The molecule has 0 saturated carbocycles. The van der Waals surface area contributed by atoms with Crippen molar-refractivity contribution in [2.45, 2.75) is 26.7 Å². The van der Waals surface area contributed by atoms with Crippen LogP contribution in [0.4, 0.5) is 0 Å². The van der Waals surface area contributed by atoms with E-state index < -0.39 is 0 Å². The van der Waals surface area contributed by atoms with Gasteiger partial charge in [0.2, 0.25) is 5.91 Å². The molecular formula is C12H27IN4O2. The number of hydrogen-bond donors (Lipinski definition) is 3. The first kappa shape index (κ1) is 20.7. The number of nitrogens with zero attached hydrogens (tertiary/aromatic N) is 1. The zero-order valence-electron chi connectivity index (χ0n) is 12.1. The highest BCUT2D eigenvalue weighted by Gasteiger charge is 2.00. The van der Waals surface area contributed by atoms with E-state index in [0.29, 0.717) is 19.1 Å². The molecule has 0 aromatic rings. The molecule has 0 bridgehead atoms. The standard InChI is InChI=1S/C12H26N4O2.HI/c1-4-6-7-15-12(13-5-2)16-10-11(17)14-8-9-18-3;/h4-10H2,1-3H3,(H,14,17)(H2,13,15,16);1H. The molecule has 0 rings (SSSR count). The molecule has 114 valence electrons. The first-order valence-corrected chi connectivity index (χ1v) is 6.52. The van der Waals surface area contributed by atoms with Crippen molar-refractivity contribution < 1.29 is 9.53 Å². The quantitative estimate of drug-likeness (QED) is 0.236. The second-order valence-electron chi connectivity index (χ2n) is 3.82. The Bertz CT molecular complexity index is 250. The van der Waals surface area contributed by atoms with Gasteiger partial charge in [-0.15, -0.1) is 24.0 Å². The molecule has 0 aliphatic carbocycles. The Hall–Kier alpha value is -0.570. The smallest absolute Gasteiger partial charge is 0.241 e. The van der Waals surface area contributed by atoms with E-state index in [-0.39, 0.29) is 36.4 Å². The molecule has 0 unspecified atom stereocenters. The summed E-state index contributed by atoms with van der Waals surface area (Å²) in [5.41, 5.74) is 0. The van der Waals surface area contributed by atoms with Gasteiger partial charge in [0.1, 0.15) is 6.54 Å². The summed E-state index contributed by atoms with van der Waals surface area (Å²) >= 11 is 0.